The zero-order valence-corrected chi connectivity index (χ0v) is 23.8. The van der Waals surface area contributed by atoms with Crippen molar-refractivity contribution < 1.29 is 22.7 Å². The first-order valence-electron chi connectivity index (χ1n) is 13.2. The zero-order valence-electron chi connectivity index (χ0n) is 22.2. The second kappa shape index (κ2) is 11.6. The van der Waals surface area contributed by atoms with E-state index in [0.717, 1.165) is 36.4 Å². The van der Waals surface area contributed by atoms with Crippen LogP contribution in [0.4, 0.5) is 5.00 Å². The molecule has 1 N–H and O–H groups in total. The van der Waals surface area contributed by atoms with Crippen LogP contribution in [0.15, 0.2) is 59.5 Å². The molecular formula is C29H33N3O5S2. The first-order valence-corrected chi connectivity index (χ1v) is 15.4. The number of hydrogen-bond acceptors (Lipinski definition) is 7. The fraction of sp³-hybridized carbons (Fsp3) is 0.379. The molecule has 0 aliphatic carbocycles. The van der Waals surface area contributed by atoms with E-state index < -0.39 is 21.9 Å². The number of nitrogens with one attached hydrogen (secondary N) is 1. The standard InChI is InChI=1S/C29H33N3O5S2/c1-20-7-6-15-32(17-20)39(35,36)23-12-10-22(11-13-23)27(33)30-28-26(29(34)37-2)24-14-16-31(19-25(24)38-28)18-21-8-4-3-5-9-21/h3-5,8-13,20H,6-7,14-19H2,1-2H3,(H,30,33). The lowest BCUT2D eigenvalue weighted by Gasteiger charge is -2.30. The highest BCUT2D eigenvalue weighted by Gasteiger charge is 2.31. The molecule has 1 unspecified atom stereocenters. The van der Waals surface area contributed by atoms with Gasteiger partial charge in [0.2, 0.25) is 10.0 Å². The summed E-state index contributed by atoms with van der Waals surface area (Å²) >= 11 is 1.39. The van der Waals surface area contributed by atoms with Gasteiger partial charge in [0, 0.05) is 43.2 Å². The monoisotopic (exact) mass is 567 g/mol. The number of esters is 1. The molecule has 3 aromatic rings. The van der Waals surface area contributed by atoms with Crippen molar-refractivity contribution >= 4 is 38.2 Å². The number of thiophene rings is 1. The van der Waals surface area contributed by atoms with Crippen LogP contribution in [0.1, 0.15) is 56.5 Å². The van der Waals surface area contributed by atoms with Gasteiger partial charge < -0.3 is 10.1 Å². The van der Waals surface area contributed by atoms with Crippen LogP contribution in [0.3, 0.4) is 0 Å². The van der Waals surface area contributed by atoms with Gasteiger partial charge in [0.15, 0.2) is 0 Å². The third-order valence-electron chi connectivity index (χ3n) is 7.38. The first-order chi connectivity index (χ1) is 18.8. The minimum atomic E-state index is -3.61. The van der Waals surface area contributed by atoms with E-state index in [4.69, 9.17) is 4.74 Å². The van der Waals surface area contributed by atoms with Crippen LogP contribution >= 0.6 is 11.3 Å². The van der Waals surface area contributed by atoms with Gasteiger partial charge in [0.25, 0.3) is 5.91 Å². The molecule has 1 aromatic heterocycles. The minimum Gasteiger partial charge on any atom is -0.465 e. The quantitative estimate of drug-likeness (QED) is 0.414. The minimum absolute atomic E-state index is 0.175. The molecule has 3 heterocycles. The number of rotatable bonds is 7. The SMILES string of the molecule is COC(=O)c1c(NC(=O)c2ccc(S(=O)(=O)N3CCCC(C)C3)cc2)sc2c1CCN(Cc1ccccc1)C2. The van der Waals surface area contributed by atoms with Crippen LogP contribution in [-0.2, 0) is 34.3 Å². The number of carbonyl (C=O) groups is 2. The number of hydrogen-bond donors (Lipinski definition) is 1. The van der Waals surface area contributed by atoms with Crippen molar-refractivity contribution in [3.8, 4) is 0 Å². The number of methoxy groups -OCH3 is 1. The molecule has 1 amide bonds. The van der Waals surface area contributed by atoms with Crippen LogP contribution < -0.4 is 5.32 Å². The number of piperidine rings is 1. The Balaban J connectivity index is 1.33. The molecule has 0 radical (unpaired) electrons. The van der Waals surface area contributed by atoms with Gasteiger partial charge in [-0.1, -0.05) is 37.3 Å². The lowest BCUT2D eigenvalue weighted by Crippen LogP contribution is -2.39. The number of fused-ring (bicyclic) bond motifs is 1. The summed E-state index contributed by atoms with van der Waals surface area (Å²) in [7, 11) is -2.27. The van der Waals surface area contributed by atoms with Gasteiger partial charge >= 0.3 is 5.97 Å². The highest BCUT2D eigenvalue weighted by atomic mass is 32.2. The Kier molecular flexibility index (Phi) is 8.18. The third kappa shape index (κ3) is 5.94. The summed E-state index contributed by atoms with van der Waals surface area (Å²) in [4.78, 5) is 29.4. The van der Waals surface area contributed by atoms with E-state index >= 15 is 0 Å². The molecule has 206 valence electrons. The molecule has 1 fully saturated rings. The number of benzene rings is 2. The molecule has 0 saturated carbocycles. The maximum absolute atomic E-state index is 13.2. The lowest BCUT2D eigenvalue weighted by atomic mass is 10.0. The molecule has 2 aliphatic heterocycles. The van der Waals surface area contributed by atoms with E-state index in [9.17, 15) is 18.0 Å². The molecule has 0 spiro atoms. The van der Waals surface area contributed by atoms with Gasteiger partial charge in [0.05, 0.1) is 17.6 Å². The normalized spacial score (nSPS) is 18.4. The van der Waals surface area contributed by atoms with E-state index in [1.54, 1.807) is 0 Å². The molecule has 5 rings (SSSR count). The molecule has 2 aromatic carbocycles. The maximum atomic E-state index is 13.2. The summed E-state index contributed by atoms with van der Waals surface area (Å²) in [5.41, 5.74) is 2.86. The summed E-state index contributed by atoms with van der Waals surface area (Å²) in [6, 6.07) is 16.2. The number of carbonyl (C=O) groups excluding carboxylic acids is 2. The highest BCUT2D eigenvalue weighted by molar-refractivity contribution is 7.89. The summed E-state index contributed by atoms with van der Waals surface area (Å²) < 4.78 is 32.8. The summed E-state index contributed by atoms with van der Waals surface area (Å²) in [6.45, 7) is 5.35. The van der Waals surface area contributed by atoms with Crippen molar-refractivity contribution in [2.24, 2.45) is 5.92 Å². The number of ether oxygens (including phenoxy) is 1. The fourth-order valence-electron chi connectivity index (χ4n) is 5.31. The Morgan fingerprint density at radius 3 is 2.51 bits per heavy atom. The van der Waals surface area contributed by atoms with Crippen molar-refractivity contribution in [1.29, 1.82) is 0 Å². The van der Waals surface area contributed by atoms with E-state index in [0.29, 0.717) is 48.1 Å². The number of nitrogens with zero attached hydrogens (tertiary/aromatic N) is 2. The second-order valence-electron chi connectivity index (χ2n) is 10.2. The Morgan fingerprint density at radius 1 is 1.08 bits per heavy atom. The van der Waals surface area contributed by atoms with Crippen LogP contribution in [-0.4, -0.2) is 56.2 Å². The van der Waals surface area contributed by atoms with Crippen molar-refractivity contribution in [3.63, 3.8) is 0 Å². The average Bonchev–Trinajstić information content (AvgIpc) is 3.30. The summed E-state index contributed by atoms with van der Waals surface area (Å²) in [6.07, 6.45) is 2.55. The van der Waals surface area contributed by atoms with E-state index in [2.05, 4.69) is 29.3 Å². The van der Waals surface area contributed by atoms with Gasteiger partial charge in [-0.15, -0.1) is 11.3 Å². The summed E-state index contributed by atoms with van der Waals surface area (Å²) in [5, 5.41) is 3.35. The molecule has 2 aliphatic rings. The molecule has 1 atom stereocenters. The van der Waals surface area contributed by atoms with Crippen LogP contribution in [0, 0.1) is 5.92 Å². The van der Waals surface area contributed by atoms with E-state index in [1.807, 2.05) is 18.2 Å². The largest absolute Gasteiger partial charge is 0.465 e. The smallest absolute Gasteiger partial charge is 0.341 e. The van der Waals surface area contributed by atoms with Crippen molar-refractivity contribution in [1.82, 2.24) is 9.21 Å². The number of amides is 1. The third-order valence-corrected chi connectivity index (χ3v) is 10.4. The van der Waals surface area contributed by atoms with Gasteiger partial charge in [-0.05, 0) is 60.6 Å². The summed E-state index contributed by atoms with van der Waals surface area (Å²) in [5.74, 6) is -0.559. The molecular weight excluding hydrogens is 534 g/mol. The number of anilines is 1. The van der Waals surface area contributed by atoms with Gasteiger partial charge in [-0.25, -0.2) is 13.2 Å². The number of sulfonamides is 1. The predicted octanol–water partition coefficient (Wildman–Crippen LogP) is 4.77. The van der Waals surface area contributed by atoms with Gasteiger partial charge in [-0.3, -0.25) is 9.69 Å². The van der Waals surface area contributed by atoms with Crippen LogP contribution in [0.5, 0.6) is 0 Å². The van der Waals surface area contributed by atoms with Crippen molar-refractivity contribution in [3.05, 3.63) is 81.7 Å². The predicted molar refractivity (Wildman–Crippen MR) is 151 cm³/mol. The van der Waals surface area contributed by atoms with E-state index in [-0.39, 0.29) is 4.90 Å². The zero-order chi connectivity index (χ0) is 27.6. The Hall–Kier alpha value is -3.05. The van der Waals surface area contributed by atoms with Crippen molar-refractivity contribution in [2.75, 3.05) is 32.1 Å². The van der Waals surface area contributed by atoms with Gasteiger partial charge in [0.1, 0.15) is 5.00 Å². The van der Waals surface area contributed by atoms with Gasteiger partial charge in [-0.2, -0.15) is 4.31 Å². The lowest BCUT2D eigenvalue weighted by molar-refractivity contribution is 0.0600. The highest BCUT2D eigenvalue weighted by Crippen LogP contribution is 2.38. The topological polar surface area (TPSA) is 96.0 Å². The Labute approximate surface area is 233 Å². The van der Waals surface area contributed by atoms with E-state index in [1.165, 1.54) is 52.6 Å². The molecule has 0 bridgehead atoms. The second-order valence-corrected chi connectivity index (χ2v) is 13.3. The average molecular weight is 568 g/mol. The van der Waals surface area contributed by atoms with Crippen LogP contribution in [0.2, 0.25) is 0 Å². The molecule has 39 heavy (non-hydrogen) atoms. The fourth-order valence-corrected chi connectivity index (χ4v) is 8.18. The Morgan fingerprint density at radius 2 is 1.82 bits per heavy atom. The Bertz CT molecular complexity index is 1450. The maximum Gasteiger partial charge on any atom is 0.341 e. The molecule has 8 nitrogen and oxygen atoms in total. The van der Waals surface area contributed by atoms with Crippen LogP contribution in [0.25, 0.3) is 0 Å². The van der Waals surface area contributed by atoms with Crippen molar-refractivity contribution in [2.45, 2.75) is 44.2 Å². The molecule has 1 saturated heterocycles. The first kappa shape index (κ1) is 27.5. The molecule has 10 heteroatoms.